The molecule has 19 heavy (non-hydrogen) atoms. The number of hydrogen-bond donors (Lipinski definition) is 1. The number of rotatable bonds is 10. The molecule has 0 aromatic carbocycles. The van der Waals surface area contributed by atoms with Crippen LogP contribution >= 0.6 is 0 Å². The van der Waals surface area contributed by atoms with Gasteiger partial charge in [-0.2, -0.15) is 5.53 Å². The third-order valence-electron chi connectivity index (χ3n) is 3.59. The van der Waals surface area contributed by atoms with Crippen molar-refractivity contribution < 1.29 is 18.9 Å². The fourth-order valence-electron chi connectivity index (χ4n) is 2.19. The third kappa shape index (κ3) is 4.35. The summed E-state index contributed by atoms with van der Waals surface area (Å²) in [5.41, 5.74) is 3.49. The van der Waals surface area contributed by atoms with Crippen molar-refractivity contribution in [1.29, 1.82) is 0 Å². The van der Waals surface area contributed by atoms with Crippen molar-refractivity contribution in [3.63, 3.8) is 0 Å². The van der Waals surface area contributed by atoms with Gasteiger partial charge in [0.15, 0.2) is 0 Å². The lowest BCUT2D eigenvalue weighted by atomic mass is 10.4. The van der Waals surface area contributed by atoms with E-state index in [1.165, 1.54) is 0 Å². The molecule has 4 aliphatic heterocycles. The maximum absolute atomic E-state index is 5.32. The number of nitrogens with zero attached hydrogens (tertiary/aromatic N) is 2. The summed E-state index contributed by atoms with van der Waals surface area (Å²) in [4.78, 5) is 0. The van der Waals surface area contributed by atoms with Gasteiger partial charge in [0.1, 0.15) is 0 Å². The van der Waals surface area contributed by atoms with Crippen LogP contribution in [0.1, 0.15) is 0 Å². The molecule has 4 fully saturated rings. The second-order valence-electron chi connectivity index (χ2n) is 5.73. The van der Waals surface area contributed by atoms with Gasteiger partial charge in [-0.15, -0.1) is 0 Å². The van der Waals surface area contributed by atoms with Crippen LogP contribution in [0.3, 0.4) is 0 Å². The van der Waals surface area contributed by atoms with Crippen molar-refractivity contribution in [3.8, 4) is 0 Å². The highest BCUT2D eigenvalue weighted by atomic mass is 16.6. The minimum Gasteiger partial charge on any atom is -0.372 e. The lowest BCUT2D eigenvalue weighted by molar-refractivity contribution is 0.00568. The second kappa shape index (κ2) is 5.25. The normalized spacial score (nSPS) is 38.8. The fourth-order valence-corrected chi connectivity index (χ4v) is 2.19. The Bertz CT molecular complexity index is 258. The van der Waals surface area contributed by atoms with Crippen LogP contribution in [0.25, 0.3) is 0 Å². The first kappa shape index (κ1) is 12.5. The molecule has 0 amide bonds. The third-order valence-corrected chi connectivity index (χ3v) is 3.59. The molecule has 4 unspecified atom stereocenters. The average molecular weight is 271 g/mol. The zero-order valence-corrected chi connectivity index (χ0v) is 11.0. The Balaban J connectivity index is 1.29. The fraction of sp³-hybridized carbons (Fsp3) is 1.00. The van der Waals surface area contributed by atoms with Crippen molar-refractivity contribution in [3.05, 3.63) is 0 Å². The predicted molar refractivity (Wildman–Crippen MR) is 65.2 cm³/mol. The van der Waals surface area contributed by atoms with Crippen LogP contribution in [0.4, 0.5) is 0 Å². The molecule has 0 bridgehead atoms. The number of hydrogen-bond acceptors (Lipinski definition) is 7. The van der Waals surface area contributed by atoms with Gasteiger partial charge in [0.05, 0.1) is 50.8 Å². The number of ether oxygens (including phenoxy) is 4. The van der Waals surface area contributed by atoms with Gasteiger partial charge in [0.25, 0.3) is 0 Å². The Morgan fingerprint density at radius 2 is 0.895 bits per heavy atom. The summed E-state index contributed by atoms with van der Waals surface area (Å²) in [6.07, 6.45) is 1.51. The van der Waals surface area contributed by atoms with Crippen molar-refractivity contribution in [2.75, 3.05) is 52.6 Å². The maximum atomic E-state index is 5.32. The Kier molecular flexibility index (Phi) is 3.44. The van der Waals surface area contributed by atoms with E-state index in [1.807, 2.05) is 0 Å². The summed E-state index contributed by atoms with van der Waals surface area (Å²) in [6.45, 7) is 7.15. The molecule has 0 spiro atoms. The molecule has 0 aromatic rings. The van der Waals surface area contributed by atoms with E-state index in [1.54, 1.807) is 0 Å². The van der Waals surface area contributed by atoms with Gasteiger partial charge >= 0.3 is 0 Å². The first-order chi connectivity index (χ1) is 9.35. The topological polar surface area (TPSA) is 68.6 Å². The number of nitrogens with one attached hydrogen (secondary N) is 1. The van der Waals surface area contributed by atoms with Gasteiger partial charge in [-0.05, 0) is 0 Å². The van der Waals surface area contributed by atoms with E-state index in [-0.39, 0.29) is 0 Å². The molecule has 4 aliphatic rings. The van der Waals surface area contributed by atoms with Gasteiger partial charge in [0, 0.05) is 26.2 Å². The highest BCUT2D eigenvalue weighted by molar-refractivity contribution is 4.81. The minimum absolute atomic E-state index is 0.377. The van der Waals surface area contributed by atoms with Gasteiger partial charge in [-0.25, -0.2) is 10.0 Å². The van der Waals surface area contributed by atoms with Crippen LogP contribution in [-0.2, 0) is 18.9 Å². The Morgan fingerprint density at radius 3 is 1.11 bits per heavy atom. The zero-order chi connectivity index (χ0) is 12.7. The molecule has 108 valence electrons. The molecule has 0 radical (unpaired) electrons. The smallest absolute Gasteiger partial charge is 0.0951 e. The largest absolute Gasteiger partial charge is 0.372 e. The first-order valence-electron chi connectivity index (χ1n) is 7.08. The number of hydrazine groups is 2. The predicted octanol–water partition coefficient (Wildman–Crippen LogP) is -1.39. The standard InChI is InChI=1S/C12H21N3O4/c1(9-5-16-9)14(2-10-6-17-10)13-15(3-11-7-18-11)4-12-8-19-12/h9-13H,1-8H2. The molecule has 4 rings (SSSR count). The van der Waals surface area contributed by atoms with Crippen LogP contribution in [0.5, 0.6) is 0 Å². The molecule has 0 saturated carbocycles. The van der Waals surface area contributed by atoms with E-state index in [0.717, 1.165) is 52.6 Å². The van der Waals surface area contributed by atoms with Crippen LogP contribution in [0.2, 0.25) is 0 Å². The summed E-state index contributed by atoms with van der Waals surface area (Å²) < 4.78 is 21.3. The van der Waals surface area contributed by atoms with E-state index in [9.17, 15) is 0 Å². The Morgan fingerprint density at radius 1 is 0.632 bits per heavy atom. The molecule has 4 atom stereocenters. The lowest BCUT2D eigenvalue weighted by Crippen LogP contribution is -2.54. The van der Waals surface area contributed by atoms with Crippen molar-refractivity contribution >= 4 is 0 Å². The van der Waals surface area contributed by atoms with Crippen LogP contribution in [0.15, 0.2) is 0 Å². The van der Waals surface area contributed by atoms with E-state index in [2.05, 4.69) is 15.6 Å². The zero-order valence-electron chi connectivity index (χ0n) is 11.0. The average Bonchev–Trinajstić information content (AvgIpc) is 3.17. The van der Waals surface area contributed by atoms with Crippen molar-refractivity contribution in [1.82, 2.24) is 15.6 Å². The summed E-state index contributed by atoms with van der Waals surface area (Å²) in [5.74, 6) is 0. The maximum Gasteiger partial charge on any atom is 0.0951 e. The molecule has 4 heterocycles. The Labute approximate surface area is 112 Å². The van der Waals surface area contributed by atoms with Gasteiger partial charge in [0.2, 0.25) is 0 Å². The highest BCUT2D eigenvalue weighted by Gasteiger charge is 2.35. The van der Waals surface area contributed by atoms with E-state index >= 15 is 0 Å². The molecular formula is C12H21N3O4. The van der Waals surface area contributed by atoms with E-state index in [0.29, 0.717) is 24.4 Å². The van der Waals surface area contributed by atoms with Gasteiger partial charge in [-0.1, -0.05) is 0 Å². The molecule has 1 N–H and O–H groups in total. The second-order valence-corrected chi connectivity index (χ2v) is 5.73. The molecule has 0 aliphatic carbocycles. The van der Waals surface area contributed by atoms with E-state index in [4.69, 9.17) is 18.9 Å². The lowest BCUT2D eigenvalue weighted by Gasteiger charge is -2.30. The number of epoxide rings is 4. The van der Waals surface area contributed by atoms with Crippen LogP contribution in [0, 0.1) is 0 Å². The molecule has 7 nitrogen and oxygen atoms in total. The Hall–Kier alpha value is -0.280. The summed E-state index contributed by atoms with van der Waals surface area (Å²) in [7, 11) is 0. The van der Waals surface area contributed by atoms with Crippen LogP contribution < -0.4 is 5.53 Å². The van der Waals surface area contributed by atoms with Gasteiger partial charge < -0.3 is 18.9 Å². The molecule has 0 aromatic heterocycles. The molecule has 4 saturated heterocycles. The highest BCUT2D eigenvalue weighted by Crippen LogP contribution is 2.17. The minimum atomic E-state index is 0.377. The summed E-state index contributed by atoms with van der Waals surface area (Å²) in [5, 5.41) is 4.42. The molecule has 7 heteroatoms. The van der Waals surface area contributed by atoms with Crippen molar-refractivity contribution in [2.24, 2.45) is 0 Å². The summed E-state index contributed by atoms with van der Waals surface area (Å²) in [6, 6.07) is 0. The van der Waals surface area contributed by atoms with Gasteiger partial charge in [-0.3, -0.25) is 0 Å². The van der Waals surface area contributed by atoms with E-state index < -0.39 is 0 Å². The SMILES string of the molecule is C1OC1CN(CC1CO1)NN(CC1CO1)CC1CO1. The first-order valence-corrected chi connectivity index (χ1v) is 7.08. The summed E-state index contributed by atoms with van der Waals surface area (Å²) >= 11 is 0. The monoisotopic (exact) mass is 271 g/mol. The molecular weight excluding hydrogens is 250 g/mol. The van der Waals surface area contributed by atoms with Crippen LogP contribution in [-0.4, -0.2) is 87.0 Å². The van der Waals surface area contributed by atoms with Crippen molar-refractivity contribution in [2.45, 2.75) is 24.4 Å². The quantitative estimate of drug-likeness (QED) is 0.387.